The van der Waals surface area contributed by atoms with E-state index in [1.165, 1.54) is 25.7 Å². The van der Waals surface area contributed by atoms with Gasteiger partial charge in [-0.15, -0.1) is 0 Å². The molecule has 1 unspecified atom stereocenters. The van der Waals surface area contributed by atoms with Crippen LogP contribution in [0.1, 0.15) is 62.7 Å². The summed E-state index contributed by atoms with van der Waals surface area (Å²) in [7, 11) is 0. The summed E-state index contributed by atoms with van der Waals surface area (Å²) in [5, 5.41) is 8.83. The maximum absolute atomic E-state index is 10.8. The molecular formula is C16H24O3. The highest BCUT2D eigenvalue weighted by atomic mass is 16.5. The van der Waals surface area contributed by atoms with E-state index in [1.807, 2.05) is 0 Å². The van der Waals surface area contributed by atoms with E-state index in [4.69, 9.17) is 9.84 Å². The van der Waals surface area contributed by atoms with Crippen LogP contribution >= 0.6 is 0 Å². The summed E-state index contributed by atoms with van der Waals surface area (Å²) in [6.07, 6.45) is 7.25. The Bertz CT molecular complexity index is 370. The van der Waals surface area contributed by atoms with Crippen LogP contribution in [0.5, 0.6) is 5.75 Å². The third-order valence-corrected chi connectivity index (χ3v) is 3.24. The molecule has 0 aromatic heterocycles. The van der Waals surface area contributed by atoms with Crippen LogP contribution in [0.3, 0.4) is 0 Å². The SMILES string of the molecule is CCCCCCC(CC)Oc1ccc(C(=O)O)cc1. The van der Waals surface area contributed by atoms with Crippen molar-refractivity contribution in [3.05, 3.63) is 29.8 Å². The summed E-state index contributed by atoms with van der Waals surface area (Å²) >= 11 is 0. The summed E-state index contributed by atoms with van der Waals surface area (Å²) in [4.78, 5) is 10.8. The maximum Gasteiger partial charge on any atom is 0.335 e. The van der Waals surface area contributed by atoms with Gasteiger partial charge >= 0.3 is 5.97 Å². The minimum atomic E-state index is -0.904. The Balaban J connectivity index is 2.44. The van der Waals surface area contributed by atoms with Crippen molar-refractivity contribution in [3.63, 3.8) is 0 Å². The van der Waals surface area contributed by atoms with Gasteiger partial charge in [-0.05, 0) is 43.5 Å². The maximum atomic E-state index is 10.8. The first-order valence-corrected chi connectivity index (χ1v) is 7.17. The lowest BCUT2D eigenvalue weighted by atomic mass is 10.1. The van der Waals surface area contributed by atoms with Crippen LogP contribution in [0.2, 0.25) is 0 Å². The molecule has 0 heterocycles. The molecule has 106 valence electrons. The van der Waals surface area contributed by atoms with E-state index in [1.54, 1.807) is 24.3 Å². The average molecular weight is 264 g/mol. The molecule has 19 heavy (non-hydrogen) atoms. The van der Waals surface area contributed by atoms with E-state index < -0.39 is 5.97 Å². The summed E-state index contributed by atoms with van der Waals surface area (Å²) in [6.45, 7) is 4.33. The molecule has 0 bridgehead atoms. The number of aromatic carboxylic acids is 1. The molecule has 0 amide bonds. The van der Waals surface area contributed by atoms with Gasteiger partial charge in [0.05, 0.1) is 11.7 Å². The highest BCUT2D eigenvalue weighted by Crippen LogP contribution is 2.18. The Kier molecular flexibility index (Phi) is 7.01. The molecule has 0 saturated heterocycles. The third kappa shape index (κ3) is 5.77. The fourth-order valence-corrected chi connectivity index (χ4v) is 2.01. The molecule has 0 saturated carbocycles. The zero-order valence-corrected chi connectivity index (χ0v) is 11.9. The van der Waals surface area contributed by atoms with Gasteiger partial charge in [0, 0.05) is 0 Å². The van der Waals surface area contributed by atoms with Gasteiger partial charge in [-0.1, -0.05) is 33.1 Å². The van der Waals surface area contributed by atoms with Crippen LogP contribution in [0.15, 0.2) is 24.3 Å². The summed E-state index contributed by atoms with van der Waals surface area (Å²) in [6, 6.07) is 6.64. The molecule has 0 aliphatic heterocycles. The van der Waals surface area contributed by atoms with Crippen LogP contribution in [0.4, 0.5) is 0 Å². The van der Waals surface area contributed by atoms with E-state index in [9.17, 15) is 4.79 Å². The smallest absolute Gasteiger partial charge is 0.335 e. The van der Waals surface area contributed by atoms with E-state index in [0.717, 1.165) is 18.6 Å². The molecule has 1 N–H and O–H groups in total. The molecule has 0 spiro atoms. The average Bonchev–Trinajstić information content (AvgIpc) is 2.42. The van der Waals surface area contributed by atoms with Crippen molar-refractivity contribution in [1.82, 2.24) is 0 Å². The zero-order chi connectivity index (χ0) is 14.1. The fraction of sp³-hybridized carbons (Fsp3) is 0.562. The standard InChI is InChI=1S/C16H24O3/c1-3-5-6-7-8-14(4-2)19-15-11-9-13(10-12-15)16(17)18/h9-12,14H,3-8H2,1-2H3,(H,17,18). The van der Waals surface area contributed by atoms with Crippen LogP contribution < -0.4 is 4.74 Å². The highest BCUT2D eigenvalue weighted by molar-refractivity contribution is 5.87. The molecule has 0 aliphatic carbocycles. The quantitative estimate of drug-likeness (QED) is 0.667. The van der Waals surface area contributed by atoms with Crippen LogP contribution in [-0.2, 0) is 0 Å². The van der Waals surface area contributed by atoms with Gasteiger partial charge in [0.25, 0.3) is 0 Å². The van der Waals surface area contributed by atoms with E-state index in [-0.39, 0.29) is 6.10 Å². The monoisotopic (exact) mass is 264 g/mol. The van der Waals surface area contributed by atoms with Crippen molar-refractivity contribution in [2.24, 2.45) is 0 Å². The normalized spacial score (nSPS) is 12.1. The molecule has 3 nitrogen and oxygen atoms in total. The molecule has 0 aliphatic rings. The van der Waals surface area contributed by atoms with Crippen LogP contribution in [0.25, 0.3) is 0 Å². The number of carboxylic acids is 1. The minimum absolute atomic E-state index is 0.229. The molecule has 3 heteroatoms. The van der Waals surface area contributed by atoms with Gasteiger partial charge in [-0.2, -0.15) is 0 Å². The van der Waals surface area contributed by atoms with Gasteiger partial charge in [0.1, 0.15) is 5.75 Å². The second-order valence-electron chi connectivity index (χ2n) is 4.83. The molecule has 1 aromatic rings. The Morgan fingerprint density at radius 1 is 1.16 bits per heavy atom. The van der Waals surface area contributed by atoms with Crippen molar-refractivity contribution in [2.75, 3.05) is 0 Å². The van der Waals surface area contributed by atoms with Crippen molar-refractivity contribution in [2.45, 2.75) is 58.5 Å². The van der Waals surface area contributed by atoms with Crippen molar-refractivity contribution >= 4 is 5.97 Å². The second kappa shape index (κ2) is 8.57. The minimum Gasteiger partial charge on any atom is -0.490 e. The second-order valence-corrected chi connectivity index (χ2v) is 4.83. The van der Waals surface area contributed by atoms with E-state index in [0.29, 0.717) is 5.56 Å². The largest absolute Gasteiger partial charge is 0.490 e. The predicted molar refractivity (Wildman–Crippen MR) is 76.9 cm³/mol. The molecule has 1 aromatic carbocycles. The van der Waals surface area contributed by atoms with Crippen molar-refractivity contribution < 1.29 is 14.6 Å². The number of carbonyl (C=O) groups is 1. The van der Waals surface area contributed by atoms with Crippen molar-refractivity contribution in [3.8, 4) is 5.75 Å². The van der Waals surface area contributed by atoms with Crippen molar-refractivity contribution in [1.29, 1.82) is 0 Å². The number of benzene rings is 1. The Hall–Kier alpha value is -1.51. The van der Waals surface area contributed by atoms with Gasteiger partial charge < -0.3 is 9.84 Å². The summed E-state index contributed by atoms with van der Waals surface area (Å²) < 4.78 is 5.89. The number of ether oxygens (including phenoxy) is 1. The Morgan fingerprint density at radius 2 is 1.84 bits per heavy atom. The molecular weight excluding hydrogens is 240 g/mol. The third-order valence-electron chi connectivity index (χ3n) is 3.24. The first-order valence-electron chi connectivity index (χ1n) is 7.17. The number of hydrogen-bond acceptors (Lipinski definition) is 2. The lowest BCUT2D eigenvalue weighted by Gasteiger charge is -2.17. The number of carboxylic acid groups (broad SMARTS) is 1. The van der Waals surface area contributed by atoms with Crippen LogP contribution in [-0.4, -0.2) is 17.2 Å². The van der Waals surface area contributed by atoms with E-state index >= 15 is 0 Å². The zero-order valence-electron chi connectivity index (χ0n) is 11.9. The molecule has 1 rings (SSSR count). The summed E-state index contributed by atoms with van der Waals surface area (Å²) in [5.74, 6) is -0.148. The Labute approximate surface area is 115 Å². The fourth-order valence-electron chi connectivity index (χ4n) is 2.01. The van der Waals surface area contributed by atoms with Crippen LogP contribution in [0, 0.1) is 0 Å². The predicted octanol–water partition coefficient (Wildman–Crippen LogP) is 4.51. The topological polar surface area (TPSA) is 46.5 Å². The van der Waals surface area contributed by atoms with Gasteiger partial charge in [-0.3, -0.25) is 0 Å². The summed E-state index contributed by atoms with van der Waals surface area (Å²) in [5.41, 5.74) is 0.295. The number of rotatable bonds is 9. The number of hydrogen-bond donors (Lipinski definition) is 1. The van der Waals surface area contributed by atoms with Gasteiger partial charge in [0.2, 0.25) is 0 Å². The van der Waals surface area contributed by atoms with E-state index in [2.05, 4.69) is 13.8 Å². The number of unbranched alkanes of at least 4 members (excludes halogenated alkanes) is 3. The first kappa shape index (κ1) is 15.5. The lowest BCUT2D eigenvalue weighted by Crippen LogP contribution is -2.15. The van der Waals surface area contributed by atoms with Gasteiger partial charge in [-0.25, -0.2) is 4.79 Å². The highest BCUT2D eigenvalue weighted by Gasteiger charge is 2.09. The Morgan fingerprint density at radius 3 is 2.37 bits per heavy atom. The van der Waals surface area contributed by atoms with Gasteiger partial charge in [0.15, 0.2) is 0 Å². The lowest BCUT2D eigenvalue weighted by molar-refractivity contribution is 0.0697. The molecule has 1 atom stereocenters. The molecule has 0 radical (unpaired) electrons. The first-order chi connectivity index (χ1) is 9.17. The molecule has 0 fully saturated rings.